The van der Waals surface area contributed by atoms with E-state index in [9.17, 15) is 24.0 Å². The van der Waals surface area contributed by atoms with Crippen LogP contribution >= 0.6 is 11.3 Å². The van der Waals surface area contributed by atoms with Crippen molar-refractivity contribution in [2.24, 2.45) is 0 Å². The minimum atomic E-state index is -0.757. The number of hydrogen-bond acceptors (Lipinski definition) is 7. The van der Waals surface area contributed by atoms with E-state index in [1.807, 2.05) is 24.8 Å². The molecule has 2 aromatic rings. The average Bonchev–Trinajstić information content (AvgIpc) is 3.15. The van der Waals surface area contributed by atoms with Gasteiger partial charge in [-0.25, -0.2) is 4.39 Å². The Labute approximate surface area is 201 Å². The summed E-state index contributed by atoms with van der Waals surface area (Å²) >= 11 is 0.994. The molecule has 9 nitrogen and oxygen atoms in total. The Morgan fingerprint density at radius 3 is 2.56 bits per heavy atom. The molecule has 0 saturated heterocycles. The van der Waals surface area contributed by atoms with Crippen LogP contribution in [0.15, 0.2) is 29.1 Å². The molecule has 0 bridgehead atoms. The van der Waals surface area contributed by atoms with Gasteiger partial charge < -0.3 is 16.0 Å². The van der Waals surface area contributed by atoms with Crippen molar-refractivity contribution in [3.05, 3.63) is 43.8 Å². The first-order valence-electron chi connectivity index (χ1n) is 11.0. The first-order chi connectivity index (χ1) is 16.4. The number of benzene rings is 1. The lowest BCUT2D eigenvalue weighted by molar-refractivity contribution is -0.117. The minimum absolute atomic E-state index is 0.121. The Kier molecular flexibility index (Phi) is 10.4. The summed E-state index contributed by atoms with van der Waals surface area (Å²) in [5.41, 5.74) is 0.654. The molecule has 0 spiro atoms. The summed E-state index contributed by atoms with van der Waals surface area (Å²) in [5.74, 6) is -0.847. The Morgan fingerprint density at radius 1 is 1.24 bits per heavy atom. The molecule has 1 aromatic carbocycles. The Balaban J connectivity index is 2.31. The maximum atomic E-state index is 12.8. The highest BCUT2D eigenvalue weighted by Crippen LogP contribution is 2.15. The number of nitriles is 1. The second kappa shape index (κ2) is 13.3. The summed E-state index contributed by atoms with van der Waals surface area (Å²) in [6.45, 7) is 6.86. The van der Waals surface area contributed by atoms with Crippen LogP contribution in [-0.4, -0.2) is 54.1 Å². The molecule has 0 radical (unpaired) electrons. The normalized spacial score (nSPS) is 12.3. The van der Waals surface area contributed by atoms with Crippen molar-refractivity contribution in [3.63, 3.8) is 0 Å². The molecule has 1 aromatic heterocycles. The fourth-order valence-corrected chi connectivity index (χ4v) is 4.21. The number of amides is 2. The topological polar surface area (TPSA) is 119 Å². The minimum Gasteiger partial charge on any atom is -0.360 e. The first kappa shape index (κ1) is 26.8. The number of hydrogen-bond donors (Lipinski definition) is 3. The predicted molar refractivity (Wildman–Crippen MR) is 132 cm³/mol. The van der Waals surface area contributed by atoms with Crippen LogP contribution in [0.4, 0.5) is 15.8 Å². The molecule has 3 N–H and O–H groups in total. The fourth-order valence-electron chi connectivity index (χ4n) is 3.12. The van der Waals surface area contributed by atoms with E-state index in [2.05, 4.69) is 16.0 Å². The molecule has 11 heteroatoms. The molecular weight excluding hydrogens is 459 g/mol. The van der Waals surface area contributed by atoms with Gasteiger partial charge in [0.15, 0.2) is 5.57 Å². The molecule has 34 heavy (non-hydrogen) atoms. The van der Waals surface area contributed by atoms with Gasteiger partial charge in [0.25, 0.3) is 11.5 Å². The number of carbonyl (C=O) groups is 2. The summed E-state index contributed by atoms with van der Waals surface area (Å²) in [6.07, 6.45) is 1.49. The number of aromatic nitrogens is 1. The first-order valence-corrected chi connectivity index (χ1v) is 11.8. The highest BCUT2D eigenvalue weighted by atomic mass is 32.1. The lowest BCUT2D eigenvalue weighted by atomic mass is 10.2. The zero-order valence-corrected chi connectivity index (χ0v) is 20.3. The SMILES string of the molecule is CCN(CC)CC(=O)Nc1cccc(NC=c2sc(=C(C#N)C(=O)NCCF)n(CC)c2=O)c1. The molecule has 0 aliphatic carbocycles. The van der Waals surface area contributed by atoms with E-state index in [0.717, 1.165) is 24.4 Å². The Hall–Kier alpha value is -3.49. The summed E-state index contributed by atoms with van der Waals surface area (Å²) in [4.78, 5) is 39.3. The van der Waals surface area contributed by atoms with E-state index in [1.54, 1.807) is 31.2 Å². The molecule has 0 atom stereocenters. The zero-order chi connectivity index (χ0) is 25.1. The molecule has 1 heterocycles. The number of likely N-dealkylation sites (N-methyl/N-ethyl adjacent to an activating group) is 1. The summed E-state index contributed by atoms with van der Waals surface area (Å²) < 4.78 is 14.2. The summed E-state index contributed by atoms with van der Waals surface area (Å²) in [5, 5.41) is 17.7. The van der Waals surface area contributed by atoms with Gasteiger partial charge in [0.1, 0.15) is 21.9 Å². The van der Waals surface area contributed by atoms with Crippen molar-refractivity contribution in [1.29, 1.82) is 5.26 Å². The van der Waals surface area contributed by atoms with Gasteiger partial charge in [-0.15, -0.1) is 11.3 Å². The lowest BCUT2D eigenvalue weighted by Crippen LogP contribution is -2.35. The second-order valence-electron chi connectivity index (χ2n) is 7.13. The van der Waals surface area contributed by atoms with Crippen molar-refractivity contribution in [2.45, 2.75) is 27.3 Å². The maximum absolute atomic E-state index is 12.8. The van der Waals surface area contributed by atoms with Gasteiger partial charge in [0.05, 0.1) is 6.54 Å². The third-order valence-electron chi connectivity index (χ3n) is 4.93. The number of nitrogens with zero attached hydrogens (tertiary/aromatic N) is 3. The van der Waals surface area contributed by atoms with Gasteiger partial charge in [-0.3, -0.25) is 23.9 Å². The molecule has 2 amide bonds. The predicted octanol–water partition coefficient (Wildman–Crippen LogP) is 0.820. The lowest BCUT2D eigenvalue weighted by Gasteiger charge is -2.17. The highest BCUT2D eigenvalue weighted by Gasteiger charge is 2.15. The molecule has 0 aliphatic rings. The van der Waals surface area contributed by atoms with Gasteiger partial charge in [-0.05, 0) is 38.2 Å². The van der Waals surface area contributed by atoms with Gasteiger partial charge in [-0.2, -0.15) is 5.26 Å². The fraction of sp³-hybridized carbons (Fsp3) is 0.391. The second-order valence-corrected chi connectivity index (χ2v) is 8.16. The van der Waals surface area contributed by atoms with Crippen LogP contribution in [0.5, 0.6) is 0 Å². The van der Waals surface area contributed by atoms with E-state index in [4.69, 9.17) is 0 Å². The van der Waals surface area contributed by atoms with Crippen LogP contribution in [0.3, 0.4) is 0 Å². The van der Waals surface area contributed by atoms with Crippen molar-refractivity contribution in [3.8, 4) is 6.07 Å². The standard InChI is InChI=1S/C23H29FN6O3S/c1-4-29(5-2)15-20(31)28-17-9-7-8-16(12-17)27-14-19-22(33)30(6-3)23(34-19)18(13-25)21(32)26-11-10-24/h7-9,12,14,27H,4-6,10-11,15H2,1-3H3,(H,26,32)(H,28,31). The third kappa shape index (κ3) is 7.00. The maximum Gasteiger partial charge on any atom is 0.270 e. The van der Waals surface area contributed by atoms with Crippen LogP contribution in [0, 0.1) is 11.3 Å². The Morgan fingerprint density at radius 2 is 1.94 bits per heavy atom. The molecule has 2 rings (SSSR count). The van der Waals surface area contributed by atoms with Crippen LogP contribution in [0.2, 0.25) is 0 Å². The average molecular weight is 489 g/mol. The summed E-state index contributed by atoms with van der Waals surface area (Å²) in [6, 6.07) is 8.87. The van der Waals surface area contributed by atoms with Crippen LogP contribution < -0.4 is 30.7 Å². The largest absolute Gasteiger partial charge is 0.360 e. The quantitative estimate of drug-likeness (QED) is 0.431. The van der Waals surface area contributed by atoms with Gasteiger partial charge in [0, 0.05) is 30.7 Å². The number of thiazole rings is 1. The molecule has 0 fully saturated rings. The van der Waals surface area contributed by atoms with Crippen molar-refractivity contribution in [1.82, 2.24) is 14.8 Å². The van der Waals surface area contributed by atoms with Gasteiger partial charge in [-0.1, -0.05) is 19.9 Å². The van der Waals surface area contributed by atoms with Crippen LogP contribution in [0.25, 0.3) is 11.8 Å². The number of nitrogens with one attached hydrogen (secondary N) is 3. The van der Waals surface area contributed by atoms with E-state index in [0.29, 0.717) is 22.5 Å². The zero-order valence-electron chi connectivity index (χ0n) is 19.5. The number of alkyl halides is 1. The molecule has 0 saturated carbocycles. The number of rotatable bonds is 11. The number of carbonyl (C=O) groups excluding carboxylic acids is 2. The van der Waals surface area contributed by atoms with E-state index < -0.39 is 12.6 Å². The van der Waals surface area contributed by atoms with Gasteiger partial charge >= 0.3 is 0 Å². The van der Waals surface area contributed by atoms with E-state index in [-0.39, 0.29) is 34.8 Å². The molecule has 0 unspecified atom stereocenters. The van der Waals surface area contributed by atoms with Gasteiger partial charge in [0.2, 0.25) is 5.91 Å². The molecule has 0 aliphatic heterocycles. The van der Waals surface area contributed by atoms with Crippen molar-refractivity contribution in [2.75, 3.05) is 43.5 Å². The number of halogens is 1. The van der Waals surface area contributed by atoms with Crippen LogP contribution in [0.1, 0.15) is 20.8 Å². The van der Waals surface area contributed by atoms with Crippen molar-refractivity contribution < 1.29 is 14.0 Å². The highest BCUT2D eigenvalue weighted by molar-refractivity contribution is 7.07. The monoisotopic (exact) mass is 488 g/mol. The van der Waals surface area contributed by atoms with E-state index >= 15 is 0 Å². The van der Waals surface area contributed by atoms with E-state index in [1.165, 1.54) is 10.8 Å². The smallest absolute Gasteiger partial charge is 0.270 e. The molecule has 182 valence electrons. The molecular formula is C23H29FN6O3S. The third-order valence-corrected chi connectivity index (χ3v) is 6.06. The Bertz CT molecular complexity index is 1230. The number of anilines is 2. The van der Waals surface area contributed by atoms with Crippen LogP contribution in [-0.2, 0) is 16.1 Å². The van der Waals surface area contributed by atoms with Crippen molar-refractivity contribution >= 4 is 46.3 Å². The summed E-state index contributed by atoms with van der Waals surface area (Å²) in [7, 11) is 0.